The lowest BCUT2D eigenvalue weighted by atomic mass is 10.0. The molecule has 1 amide bonds. The molecule has 2 aromatic heterocycles. The SMILES string of the molecule is Cc1c(N2C[C@H](C)[C@@H](N(C)C(=O)OC(C)(C)C)C2)c(F)cn2c(=O)c(C(=O)O)cc(C3CC3)c12. The smallest absolute Gasteiger partial charge is 0.410 e. The predicted octanol–water partition coefficient (Wildman–Crippen LogP) is 4.01. The lowest BCUT2D eigenvalue weighted by molar-refractivity contribution is 0.0208. The van der Waals surface area contributed by atoms with E-state index in [9.17, 15) is 19.5 Å². The van der Waals surface area contributed by atoms with Crippen LogP contribution in [0, 0.1) is 18.7 Å². The lowest BCUT2D eigenvalue weighted by Crippen LogP contribution is -2.44. The van der Waals surface area contributed by atoms with Crippen molar-refractivity contribution in [1.29, 1.82) is 0 Å². The van der Waals surface area contributed by atoms with E-state index in [-0.39, 0.29) is 23.4 Å². The summed E-state index contributed by atoms with van der Waals surface area (Å²) >= 11 is 0. The second kappa shape index (κ2) is 8.29. The molecule has 2 aromatic rings. The Balaban J connectivity index is 1.75. The van der Waals surface area contributed by atoms with Crippen LogP contribution < -0.4 is 10.5 Å². The molecule has 0 unspecified atom stereocenters. The third kappa shape index (κ3) is 4.23. The summed E-state index contributed by atoms with van der Waals surface area (Å²) in [5.41, 5.74) is 0.628. The fourth-order valence-corrected chi connectivity index (χ4v) is 4.99. The van der Waals surface area contributed by atoms with Crippen LogP contribution in [0.4, 0.5) is 14.9 Å². The van der Waals surface area contributed by atoms with Crippen LogP contribution in [0.15, 0.2) is 17.1 Å². The molecule has 1 saturated heterocycles. The highest BCUT2D eigenvalue weighted by atomic mass is 19.1. The number of pyridine rings is 2. The number of anilines is 1. The van der Waals surface area contributed by atoms with Crippen LogP contribution in [0.1, 0.15) is 67.9 Å². The van der Waals surface area contributed by atoms with Crippen molar-refractivity contribution in [2.45, 2.75) is 65.0 Å². The molecule has 2 aliphatic rings. The molecule has 1 aliphatic carbocycles. The number of carboxylic acids is 1. The molecule has 8 nitrogen and oxygen atoms in total. The summed E-state index contributed by atoms with van der Waals surface area (Å²) < 4.78 is 22.1. The number of rotatable bonds is 4. The fraction of sp³-hybridized carbons (Fsp3) is 0.560. The number of carbonyl (C=O) groups is 2. The number of hydrogen-bond acceptors (Lipinski definition) is 5. The molecular weight excluding hydrogens is 441 g/mol. The average molecular weight is 474 g/mol. The number of carbonyl (C=O) groups excluding carboxylic acids is 1. The number of nitrogens with zero attached hydrogens (tertiary/aromatic N) is 3. The maximum atomic E-state index is 15.5. The maximum Gasteiger partial charge on any atom is 0.410 e. The highest BCUT2D eigenvalue weighted by Crippen LogP contribution is 2.44. The Labute approximate surface area is 197 Å². The number of carboxylic acid groups (broad SMARTS) is 1. The lowest BCUT2D eigenvalue weighted by Gasteiger charge is -2.30. The van der Waals surface area contributed by atoms with Gasteiger partial charge in [-0.15, -0.1) is 0 Å². The Bertz CT molecular complexity index is 1230. The molecule has 1 N–H and O–H groups in total. The van der Waals surface area contributed by atoms with E-state index in [0.717, 1.165) is 29.0 Å². The average Bonchev–Trinajstić information content (AvgIpc) is 3.49. The van der Waals surface area contributed by atoms with Crippen molar-refractivity contribution in [1.82, 2.24) is 9.30 Å². The molecule has 0 spiro atoms. The number of aromatic carboxylic acids is 1. The summed E-state index contributed by atoms with van der Waals surface area (Å²) in [5.74, 6) is -1.68. The molecule has 4 rings (SSSR count). The van der Waals surface area contributed by atoms with Crippen LogP contribution in [0.25, 0.3) is 5.52 Å². The van der Waals surface area contributed by atoms with Crippen LogP contribution in [-0.4, -0.2) is 58.2 Å². The van der Waals surface area contributed by atoms with Crippen molar-refractivity contribution < 1.29 is 23.8 Å². The Morgan fingerprint density at radius 1 is 1.24 bits per heavy atom. The van der Waals surface area contributed by atoms with Crippen molar-refractivity contribution in [2.24, 2.45) is 5.92 Å². The first-order chi connectivity index (χ1) is 15.8. The Hall–Kier alpha value is -3.10. The van der Waals surface area contributed by atoms with E-state index < -0.39 is 29.0 Å². The highest BCUT2D eigenvalue weighted by Gasteiger charge is 2.38. The van der Waals surface area contributed by atoms with E-state index in [1.54, 1.807) is 18.9 Å². The molecule has 0 aromatic carbocycles. The van der Waals surface area contributed by atoms with Crippen LogP contribution in [-0.2, 0) is 4.74 Å². The van der Waals surface area contributed by atoms with Gasteiger partial charge in [0.25, 0.3) is 5.56 Å². The number of halogens is 1. The Morgan fingerprint density at radius 3 is 2.44 bits per heavy atom. The van der Waals surface area contributed by atoms with Crippen LogP contribution in [0.2, 0.25) is 0 Å². The third-order valence-corrected chi connectivity index (χ3v) is 6.76. The molecule has 2 fully saturated rings. The number of hydrogen-bond donors (Lipinski definition) is 1. The van der Waals surface area contributed by atoms with E-state index in [4.69, 9.17) is 4.74 Å². The van der Waals surface area contributed by atoms with Gasteiger partial charge in [0.2, 0.25) is 0 Å². The molecular formula is C25H32FN3O5. The molecule has 34 heavy (non-hydrogen) atoms. The largest absolute Gasteiger partial charge is 0.477 e. The monoisotopic (exact) mass is 473 g/mol. The van der Waals surface area contributed by atoms with E-state index in [1.807, 2.05) is 32.6 Å². The molecule has 1 saturated carbocycles. The zero-order valence-corrected chi connectivity index (χ0v) is 20.5. The standard InChI is InChI=1S/C25H32FN3O5/c1-13-10-28(12-19(13)27(6)24(33)34-25(3,4)5)21-14(2)20-16(15-7-8-15)9-17(23(31)32)22(30)29(20)11-18(21)26/h9,11,13,15,19H,7-8,10,12H2,1-6H3,(H,31,32)/t13-,19-/m0/s1. The van der Waals surface area contributed by atoms with Gasteiger partial charge < -0.3 is 19.6 Å². The summed E-state index contributed by atoms with van der Waals surface area (Å²) in [5, 5.41) is 9.49. The second-order valence-corrected chi connectivity index (χ2v) is 10.6. The Morgan fingerprint density at radius 2 is 1.88 bits per heavy atom. The van der Waals surface area contributed by atoms with Crippen molar-refractivity contribution in [3.63, 3.8) is 0 Å². The summed E-state index contributed by atoms with van der Waals surface area (Å²) in [7, 11) is 1.69. The number of fused-ring (bicyclic) bond motifs is 1. The molecule has 1 aliphatic heterocycles. The summed E-state index contributed by atoms with van der Waals surface area (Å²) in [4.78, 5) is 40.6. The molecule has 2 atom stereocenters. The highest BCUT2D eigenvalue weighted by molar-refractivity contribution is 5.89. The van der Waals surface area contributed by atoms with Crippen molar-refractivity contribution in [3.05, 3.63) is 45.1 Å². The van der Waals surface area contributed by atoms with Crippen LogP contribution >= 0.6 is 0 Å². The summed E-state index contributed by atoms with van der Waals surface area (Å²) in [6.45, 7) is 10.2. The van der Waals surface area contributed by atoms with Gasteiger partial charge in [0.1, 0.15) is 11.2 Å². The number of ether oxygens (including phenoxy) is 1. The van der Waals surface area contributed by atoms with Crippen LogP contribution in [0.5, 0.6) is 0 Å². The van der Waals surface area contributed by atoms with Gasteiger partial charge in [-0.1, -0.05) is 6.92 Å². The molecule has 0 radical (unpaired) electrons. The van der Waals surface area contributed by atoms with Gasteiger partial charge in [0.05, 0.1) is 23.4 Å². The van der Waals surface area contributed by atoms with Crippen molar-refractivity contribution in [3.8, 4) is 0 Å². The number of likely N-dealkylation sites (N-methyl/N-ethyl adjacent to an activating group) is 1. The van der Waals surface area contributed by atoms with Gasteiger partial charge >= 0.3 is 12.1 Å². The minimum Gasteiger partial charge on any atom is -0.477 e. The minimum absolute atomic E-state index is 0.0621. The predicted molar refractivity (Wildman–Crippen MR) is 126 cm³/mol. The molecule has 3 heterocycles. The first-order valence-electron chi connectivity index (χ1n) is 11.6. The maximum absolute atomic E-state index is 15.5. The first kappa shape index (κ1) is 24.0. The van der Waals surface area contributed by atoms with Gasteiger partial charge in [0.15, 0.2) is 5.82 Å². The Kier molecular flexibility index (Phi) is 5.86. The van der Waals surface area contributed by atoms with Gasteiger partial charge in [-0.2, -0.15) is 0 Å². The second-order valence-electron chi connectivity index (χ2n) is 10.6. The number of aromatic nitrogens is 1. The first-order valence-corrected chi connectivity index (χ1v) is 11.6. The van der Waals surface area contributed by atoms with E-state index >= 15 is 4.39 Å². The zero-order valence-electron chi connectivity index (χ0n) is 20.5. The van der Waals surface area contributed by atoms with Crippen molar-refractivity contribution >= 4 is 23.3 Å². The summed E-state index contributed by atoms with van der Waals surface area (Å²) in [6, 6.07) is 1.28. The number of amides is 1. The van der Waals surface area contributed by atoms with Crippen LogP contribution in [0.3, 0.4) is 0 Å². The topological polar surface area (TPSA) is 91.6 Å². The molecule has 184 valence electrons. The quantitative estimate of drug-likeness (QED) is 0.721. The van der Waals surface area contributed by atoms with Gasteiger partial charge in [-0.25, -0.2) is 14.0 Å². The molecule has 9 heteroatoms. The summed E-state index contributed by atoms with van der Waals surface area (Å²) in [6.07, 6.45) is 2.49. The molecule has 0 bridgehead atoms. The van der Waals surface area contributed by atoms with E-state index in [0.29, 0.717) is 29.9 Å². The van der Waals surface area contributed by atoms with Crippen molar-refractivity contribution in [2.75, 3.05) is 25.0 Å². The van der Waals surface area contributed by atoms with Gasteiger partial charge in [0, 0.05) is 20.1 Å². The normalized spacial score (nSPS) is 20.6. The fourth-order valence-electron chi connectivity index (χ4n) is 4.99. The van der Waals surface area contributed by atoms with E-state index in [2.05, 4.69) is 0 Å². The van der Waals surface area contributed by atoms with Gasteiger partial charge in [-0.05, 0) is 69.6 Å². The van der Waals surface area contributed by atoms with E-state index in [1.165, 1.54) is 6.07 Å². The zero-order chi connectivity index (χ0) is 25.1. The van der Waals surface area contributed by atoms with Gasteiger partial charge in [-0.3, -0.25) is 9.20 Å². The number of aryl methyl sites for hydroxylation is 1. The third-order valence-electron chi connectivity index (χ3n) is 6.76. The minimum atomic E-state index is -1.31.